The number of benzene rings is 1. The second kappa shape index (κ2) is 7.23. The van der Waals surface area contributed by atoms with Crippen LogP contribution in [0.5, 0.6) is 5.75 Å². The molecule has 1 aromatic carbocycles. The molecule has 0 aliphatic carbocycles. The highest BCUT2D eigenvalue weighted by Gasteiger charge is 2.20. The molecule has 0 saturated carbocycles. The fourth-order valence-electron chi connectivity index (χ4n) is 2.84. The summed E-state index contributed by atoms with van der Waals surface area (Å²) in [5.74, 6) is 0.548. The minimum atomic E-state index is -0.438. The fourth-order valence-corrected chi connectivity index (χ4v) is 2.84. The molecule has 1 aliphatic rings. The molecule has 130 valence electrons. The van der Waals surface area contributed by atoms with Crippen molar-refractivity contribution in [2.45, 2.75) is 20.0 Å². The highest BCUT2D eigenvalue weighted by Crippen LogP contribution is 2.29. The van der Waals surface area contributed by atoms with Gasteiger partial charge in [0.15, 0.2) is 0 Å². The molecule has 0 N–H and O–H groups in total. The summed E-state index contributed by atoms with van der Waals surface area (Å²) in [5.41, 5.74) is 1.42. The average molecular weight is 333 g/mol. The number of esters is 1. The summed E-state index contributed by atoms with van der Waals surface area (Å²) in [5, 5.41) is 0.859. The third-order valence-corrected chi connectivity index (χ3v) is 4.15. The Balaban J connectivity index is 1.73. The predicted octanol–water partition coefficient (Wildman–Crippen LogP) is 2.63. The number of fused-ring (bicyclic) bond motifs is 1. The van der Waals surface area contributed by atoms with Crippen molar-refractivity contribution >= 4 is 16.9 Å². The molecule has 1 fully saturated rings. The number of likely N-dealkylation sites (N-methyl/N-ethyl adjacent to an activating group) is 1. The molecule has 6 heteroatoms. The predicted molar refractivity (Wildman–Crippen MR) is 89.6 cm³/mol. The van der Waals surface area contributed by atoms with E-state index in [1.807, 2.05) is 25.1 Å². The van der Waals surface area contributed by atoms with Crippen LogP contribution in [0, 0.1) is 6.92 Å². The van der Waals surface area contributed by atoms with Gasteiger partial charge < -0.3 is 23.5 Å². The first-order valence-corrected chi connectivity index (χ1v) is 8.21. The molecule has 1 saturated heterocycles. The minimum absolute atomic E-state index is 0.0694. The monoisotopic (exact) mass is 333 g/mol. The first-order valence-electron chi connectivity index (χ1n) is 8.21. The van der Waals surface area contributed by atoms with Crippen molar-refractivity contribution in [2.24, 2.45) is 0 Å². The van der Waals surface area contributed by atoms with Gasteiger partial charge in [0.05, 0.1) is 13.2 Å². The summed E-state index contributed by atoms with van der Waals surface area (Å²) in [7, 11) is 2.08. The Morgan fingerprint density at radius 2 is 2.25 bits per heavy atom. The topological polar surface area (TPSA) is 61.1 Å². The summed E-state index contributed by atoms with van der Waals surface area (Å²) in [4.78, 5) is 14.1. The van der Waals surface area contributed by atoms with Gasteiger partial charge in [-0.25, -0.2) is 4.79 Å². The second-order valence-corrected chi connectivity index (χ2v) is 6.00. The number of ether oxygens (including phenoxy) is 3. The minimum Gasteiger partial charge on any atom is -0.491 e. The van der Waals surface area contributed by atoms with Crippen molar-refractivity contribution in [1.82, 2.24) is 4.90 Å². The Morgan fingerprint density at radius 3 is 3.00 bits per heavy atom. The van der Waals surface area contributed by atoms with Crippen LogP contribution in [-0.4, -0.2) is 56.9 Å². The Labute approximate surface area is 141 Å². The molecular weight excluding hydrogens is 310 g/mol. The van der Waals surface area contributed by atoms with Crippen LogP contribution in [-0.2, 0) is 9.47 Å². The van der Waals surface area contributed by atoms with E-state index in [9.17, 15) is 4.79 Å². The van der Waals surface area contributed by atoms with E-state index < -0.39 is 5.97 Å². The lowest BCUT2D eigenvalue weighted by Gasteiger charge is -2.29. The van der Waals surface area contributed by atoms with Crippen LogP contribution in [0.2, 0.25) is 0 Å². The Morgan fingerprint density at radius 1 is 1.42 bits per heavy atom. The summed E-state index contributed by atoms with van der Waals surface area (Å²) >= 11 is 0. The molecular formula is C18H23NO5. The summed E-state index contributed by atoms with van der Waals surface area (Å²) < 4.78 is 22.2. The number of nitrogens with zero attached hydrogens (tertiary/aromatic N) is 1. The van der Waals surface area contributed by atoms with Gasteiger partial charge in [0.2, 0.25) is 5.76 Å². The zero-order valence-corrected chi connectivity index (χ0v) is 14.3. The molecule has 3 rings (SSSR count). The fraction of sp³-hybridized carbons (Fsp3) is 0.500. The van der Waals surface area contributed by atoms with Crippen LogP contribution in [0.15, 0.2) is 22.6 Å². The molecule has 24 heavy (non-hydrogen) atoms. The molecule has 2 heterocycles. The van der Waals surface area contributed by atoms with Crippen molar-refractivity contribution in [3.8, 4) is 5.75 Å². The number of aryl methyl sites for hydroxylation is 1. The summed E-state index contributed by atoms with van der Waals surface area (Å²) in [6.07, 6.45) is 0.0694. The molecule has 0 amide bonds. The van der Waals surface area contributed by atoms with E-state index in [1.165, 1.54) is 0 Å². The van der Waals surface area contributed by atoms with Crippen molar-refractivity contribution in [2.75, 3.05) is 40.0 Å². The third-order valence-electron chi connectivity index (χ3n) is 4.15. The number of carbonyl (C=O) groups is 1. The van der Waals surface area contributed by atoms with Gasteiger partial charge in [0, 0.05) is 24.0 Å². The summed E-state index contributed by atoms with van der Waals surface area (Å²) in [6, 6.07) is 5.55. The van der Waals surface area contributed by atoms with E-state index >= 15 is 0 Å². The largest absolute Gasteiger partial charge is 0.491 e. The third kappa shape index (κ3) is 3.55. The van der Waals surface area contributed by atoms with Crippen LogP contribution in [0.1, 0.15) is 23.0 Å². The number of rotatable bonds is 5. The van der Waals surface area contributed by atoms with Crippen molar-refractivity contribution < 1.29 is 23.4 Å². The van der Waals surface area contributed by atoms with Crippen molar-refractivity contribution in [1.29, 1.82) is 0 Å². The molecule has 0 unspecified atom stereocenters. The van der Waals surface area contributed by atoms with Gasteiger partial charge in [0.1, 0.15) is 24.0 Å². The number of morpholine rings is 1. The molecule has 1 aliphatic heterocycles. The Hall–Kier alpha value is -2.05. The Kier molecular flexibility index (Phi) is 5.06. The first kappa shape index (κ1) is 16.8. The van der Waals surface area contributed by atoms with E-state index in [2.05, 4.69) is 11.9 Å². The van der Waals surface area contributed by atoms with Crippen LogP contribution < -0.4 is 4.74 Å². The van der Waals surface area contributed by atoms with Crippen LogP contribution in [0.4, 0.5) is 0 Å². The number of carbonyl (C=O) groups excluding carboxylic acids is 1. The number of hydrogen-bond acceptors (Lipinski definition) is 6. The van der Waals surface area contributed by atoms with E-state index in [-0.39, 0.29) is 11.9 Å². The van der Waals surface area contributed by atoms with Gasteiger partial charge in [-0.3, -0.25) is 0 Å². The van der Waals surface area contributed by atoms with Gasteiger partial charge in [-0.2, -0.15) is 0 Å². The maximum Gasteiger partial charge on any atom is 0.374 e. The van der Waals surface area contributed by atoms with Crippen molar-refractivity contribution in [3.63, 3.8) is 0 Å². The standard InChI is InChI=1S/C18H23NO5/c1-4-21-18(20)17-12(2)15-9-13(5-6-16(15)24-17)23-11-14-10-19(3)7-8-22-14/h5-6,9,14H,4,7-8,10-11H2,1-3H3/t14-/m0/s1. The lowest BCUT2D eigenvalue weighted by molar-refractivity contribution is -0.0403. The SMILES string of the molecule is CCOC(=O)c1oc2ccc(OC[C@@H]3CN(C)CCO3)cc2c1C. The van der Waals surface area contributed by atoms with E-state index in [1.54, 1.807) is 6.92 Å². The van der Waals surface area contributed by atoms with Gasteiger partial charge in [0.25, 0.3) is 0 Å². The first-order chi connectivity index (χ1) is 11.6. The molecule has 1 aromatic heterocycles. The van der Waals surface area contributed by atoms with Gasteiger partial charge >= 0.3 is 5.97 Å². The van der Waals surface area contributed by atoms with Gasteiger partial charge in [-0.05, 0) is 39.1 Å². The van der Waals surface area contributed by atoms with E-state index in [0.29, 0.717) is 18.8 Å². The van der Waals surface area contributed by atoms with Crippen molar-refractivity contribution in [3.05, 3.63) is 29.5 Å². The highest BCUT2D eigenvalue weighted by molar-refractivity contribution is 5.96. The lowest BCUT2D eigenvalue weighted by atomic mass is 10.1. The Bertz CT molecular complexity index is 724. The number of furan rings is 1. The normalized spacial score (nSPS) is 18.7. The molecule has 0 spiro atoms. The van der Waals surface area contributed by atoms with Crippen LogP contribution in [0.3, 0.4) is 0 Å². The van der Waals surface area contributed by atoms with E-state index in [4.69, 9.17) is 18.6 Å². The molecule has 1 atom stereocenters. The average Bonchev–Trinajstić information content (AvgIpc) is 2.90. The van der Waals surface area contributed by atoms with E-state index in [0.717, 1.165) is 36.4 Å². The summed E-state index contributed by atoms with van der Waals surface area (Å²) in [6.45, 7) is 6.98. The zero-order valence-electron chi connectivity index (χ0n) is 14.3. The van der Waals surface area contributed by atoms with Gasteiger partial charge in [-0.1, -0.05) is 0 Å². The maximum absolute atomic E-state index is 11.9. The van der Waals surface area contributed by atoms with Crippen LogP contribution in [0.25, 0.3) is 11.0 Å². The second-order valence-electron chi connectivity index (χ2n) is 6.00. The molecule has 2 aromatic rings. The zero-order chi connectivity index (χ0) is 17.1. The quantitative estimate of drug-likeness (QED) is 0.784. The van der Waals surface area contributed by atoms with Crippen LogP contribution >= 0.6 is 0 Å². The van der Waals surface area contributed by atoms with Gasteiger partial charge in [-0.15, -0.1) is 0 Å². The number of hydrogen-bond donors (Lipinski definition) is 0. The molecule has 0 bridgehead atoms. The maximum atomic E-state index is 11.9. The highest BCUT2D eigenvalue weighted by atomic mass is 16.5. The molecule has 0 radical (unpaired) electrons. The molecule has 6 nitrogen and oxygen atoms in total. The smallest absolute Gasteiger partial charge is 0.374 e. The lowest BCUT2D eigenvalue weighted by Crippen LogP contribution is -2.42.